The zero-order valence-corrected chi connectivity index (χ0v) is 19.0. The fraction of sp³-hybridized carbons (Fsp3) is 0.346. The van der Waals surface area contributed by atoms with Crippen LogP contribution in [0, 0.1) is 5.92 Å². The first-order valence-electron chi connectivity index (χ1n) is 11.3. The molecule has 0 radical (unpaired) electrons. The number of carbonyl (C=O) groups excluding carboxylic acids is 1. The highest BCUT2D eigenvalue weighted by Crippen LogP contribution is 2.29. The van der Waals surface area contributed by atoms with Gasteiger partial charge < -0.3 is 15.6 Å². The number of hydrogen-bond donors (Lipinski definition) is 2. The van der Waals surface area contributed by atoms with Crippen LogP contribution in [0.1, 0.15) is 56.0 Å². The first-order valence-corrected chi connectivity index (χ1v) is 11.3. The highest BCUT2D eigenvalue weighted by atomic mass is 16.1. The lowest BCUT2D eigenvalue weighted by molar-refractivity contribution is 0.0940. The number of fused-ring (bicyclic) bond motifs is 2. The molecule has 166 valence electrons. The normalized spacial score (nSPS) is 12.5. The standard InChI is InChI=1S/C26H31N5O/c1-17(2)10-9-11-18(3)28-26(32)22-23-25(30-21-15-8-7-14-20(21)29-23)31(24(22)27)16-19-12-5-4-6-13-19/h4-8,12-15,17-18H,9-11,16,27H2,1-3H3,(H,28,32). The van der Waals surface area contributed by atoms with E-state index in [0.717, 1.165) is 35.9 Å². The van der Waals surface area contributed by atoms with Crippen LogP contribution in [0.25, 0.3) is 22.2 Å². The molecule has 0 fully saturated rings. The summed E-state index contributed by atoms with van der Waals surface area (Å²) in [6.45, 7) is 7.00. The van der Waals surface area contributed by atoms with Crippen LogP contribution in [0.2, 0.25) is 0 Å². The predicted molar refractivity (Wildman–Crippen MR) is 131 cm³/mol. The molecule has 0 aliphatic carbocycles. The second-order valence-electron chi connectivity index (χ2n) is 8.92. The minimum atomic E-state index is -0.194. The van der Waals surface area contributed by atoms with Crippen LogP contribution in [0.4, 0.5) is 5.82 Å². The van der Waals surface area contributed by atoms with Crippen molar-refractivity contribution in [2.75, 3.05) is 5.73 Å². The maximum Gasteiger partial charge on any atom is 0.257 e. The lowest BCUT2D eigenvalue weighted by Crippen LogP contribution is -2.33. The van der Waals surface area contributed by atoms with Crippen LogP contribution >= 0.6 is 0 Å². The van der Waals surface area contributed by atoms with Crippen LogP contribution in [0.15, 0.2) is 54.6 Å². The van der Waals surface area contributed by atoms with Gasteiger partial charge in [-0.1, -0.05) is 69.2 Å². The third kappa shape index (κ3) is 4.59. The molecule has 3 N–H and O–H groups in total. The Morgan fingerprint density at radius 1 is 0.969 bits per heavy atom. The minimum absolute atomic E-state index is 0.0570. The molecule has 2 aromatic heterocycles. The van der Waals surface area contributed by atoms with Crippen molar-refractivity contribution in [3.8, 4) is 0 Å². The number of para-hydroxylation sites is 2. The maximum atomic E-state index is 13.3. The smallest absolute Gasteiger partial charge is 0.257 e. The van der Waals surface area contributed by atoms with E-state index >= 15 is 0 Å². The summed E-state index contributed by atoms with van der Waals surface area (Å²) in [6, 6.07) is 17.8. The first kappa shape index (κ1) is 21.8. The minimum Gasteiger partial charge on any atom is -0.384 e. The van der Waals surface area contributed by atoms with Gasteiger partial charge in [-0.3, -0.25) is 4.79 Å². The number of benzene rings is 2. The van der Waals surface area contributed by atoms with Crippen LogP contribution in [-0.4, -0.2) is 26.5 Å². The van der Waals surface area contributed by atoms with Crippen LogP contribution in [-0.2, 0) is 6.54 Å². The van der Waals surface area contributed by atoms with E-state index in [1.807, 2.05) is 66.1 Å². The number of amides is 1. The fourth-order valence-corrected chi connectivity index (χ4v) is 4.07. The Labute approximate surface area is 188 Å². The summed E-state index contributed by atoms with van der Waals surface area (Å²) in [5.74, 6) is 0.861. The summed E-state index contributed by atoms with van der Waals surface area (Å²) in [4.78, 5) is 22.9. The van der Waals surface area contributed by atoms with E-state index in [-0.39, 0.29) is 11.9 Å². The molecule has 1 atom stereocenters. The molecular weight excluding hydrogens is 398 g/mol. The number of anilines is 1. The Kier molecular flexibility index (Phi) is 6.40. The average molecular weight is 430 g/mol. The quantitative estimate of drug-likeness (QED) is 0.405. The summed E-state index contributed by atoms with van der Waals surface area (Å²) in [7, 11) is 0. The molecule has 0 bridgehead atoms. The van der Waals surface area contributed by atoms with Gasteiger partial charge in [-0.25, -0.2) is 9.97 Å². The van der Waals surface area contributed by atoms with Gasteiger partial charge in [-0.2, -0.15) is 0 Å². The van der Waals surface area contributed by atoms with Gasteiger partial charge in [-0.05, 0) is 37.0 Å². The Morgan fingerprint density at radius 3 is 2.31 bits per heavy atom. The topological polar surface area (TPSA) is 85.8 Å². The number of nitrogen functional groups attached to an aromatic ring is 1. The summed E-state index contributed by atoms with van der Waals surface area (Å²) < 4.78 is 1.89. The third-order valence-electron chi connectivity index (χ3n) is 5.80. The van der Waals surface area contributed by atoms with Gasteiger partial charge in [-0.15, -0.1) is 0 Å². The summed E-state index contributed by atoms with van der Waals surface area (Å²) >= 11 is 0. The lowest BCUT2D eigenvalue weighted by atomic mass is 10.0. The van der Waals surface area contributed by atoms with E-state index in [1.54, 1.807) is 0 Å². The molecule has 6 heteroatoms. The van der Waals surface area contributed by atoms with Crippen LogP contribution in [0.5, 0.6) is 0 Å². The number of nitrogens with zero attached hydrogens (tertiary/aromatic N) is 3. The molecule has 0 spiro atoms. The van der Waals surface area contributed by atoms with E-state index in [2.05, 4.69) is 19.2 Å². The van der Waals surface area contributed by atoms with Crippen molar-refractivity contribution in [1.82, 2.24) is 19.9 Å². The first-order chi connectivity index (χ1) is 15.4. The number of hydrogen-bond acceptors (Lipinski definition) is 4. The SMILES string of the molecule is CC(C)CCCC(C)NC(=O)c1c(N)n(Cc2ccccc2)c2nc3ccccc3nc12. The van der Waals surface area contributed by atoms with Gasteiger partial charge in [0.05, 0.1) is 17.6 Å². The van der Waals surface area contributed by atoms with Gasteiger partial charge in [0.1, 0.15) is 16.9 Å². The Balaban J connectivity index is 1.73. The van der Waals surface area contributed by atoms with Crippen molar-refractivity contribution >= 4 is 33.9 Å². The molecule has 0 saturated carbocycles. The molecule has 4 rings (SSSR count). The van der Waals surface area contributed by atoms with Gasteiger partial charge in [0.2, 0.25) is 0 Å². The van der Waals surface area contributed by atoms with E-state index in [0.29, 0.717) is 35.0 Å². The number of nitrogens with one attached hydrogen (secondary N) is 1. The predicted octanol–water partition coefficient (Wildman–Crippen LogP) is 5.16. The number of rotatable bonds is 8. The van der Waals surface area contributed by atoms with Crippen molar-refractivity contribution in [3.63, 3.8) is 0 Å². The Hall–Kier alpha value is -3.41. The van der Waals surface area contributed by atoms with Crippen molar-refractivity contribution in [2.45, 2.75) is 52.6 Å². The summed E-state index contributed by atoms with van der Waals surface area (Å²) in [5.41, 5.74) is 10.8. The zero-order chi connectivity index (χ0) is 22.7. The van der Waals surface area contributed by atoms with Gasteiger partial charge in [0, 0.05) is 6.04 Å². The van der Waals surface area contributed by atoms with Gasteiger partial charge in [0.25, 0.3) is 5.91 Å². The highest BCUT2D eigenvalue weighted by Gasteiger charge is 2.25. The maximum absolute atomic E-state index is 13.3. The third-order valence-corrected chi connectivity index (χ3v) is 5.80. The molecule has 0 aliphatic rings. The summed E-state index contributed by atoms with van der Waals surface area (Å²) in [5, 5.41) is 3.13. The van der Waals surface area contributed by atoms with Crippen LogP contribution in [0.3, 0.4) is 0 Å². The van der Waals surface area contributed by atoms with Crippen molar-refractivity contribution < 1.29 is 4.79 Å². The molecule has 0 saturated heterocycles. The van der Waals surface area contributed by atoms with Crippen molar-refractivity contribution in [1.29, 1.82) is 0 Å². The number of nitrogens with two attached hydrogens (primary N) is 1. The van der Waals surface area contributed by atoms with E-state index in [4.69, 9.17) is 15.7 Å². The average Bonchev–Trinajstić information content (AvgIpc) is 3.03. The highest BCUT2D eigenvalue weighted by molar-refractivity contribution is 6.10. The largest absolute Gasteiger partial charge is 0.384 e. The second kappa shape index (κ2) is 9.39. The van der Waals surface area contributed by atoms with Crippen molar-refractivity contribution in [3.05, 3.63) is 65.7 Å². The van der Waals surface area contributed by atoms with E-state index in [1.165, 1.54) is 0 Å². The monoisotopic (exact) mass is 429 g/mol. The summed E-state index contributed by atoms with van der Waals surface area (Å²) in [6.07, 6.45) is 3.16. The van der Waals surface area contributed by atoms with Crippen molar-refractivity contribution in [2.24, 2.45) is 5.92 Å². The molecule has 6 nitrogen and oxygen atoms in total. The second-order valence-corrected chi connectivity index (χ2v) is 8.92. The molecule has 2 heterocycles. The zero-order valence-electron chi connectivity index (χ0n) is 19.0. The van der Waals surface area contributed by atoms with Crippen LogP contribution < -0.4 is 11.1 Å². The molecule has 2 aromatic carbocycles. The molecule has 4 aromatic rings. The van der Waals surface area contributed by atoms with Gasteiger partial charge in [0.15, 0.2) is 5.65 Å². The Bertz CT molecular complexity index is 1230. The lowest BCUT2D eigenvalue weighted by Gasteiger charge is -2.14. The fourth-order valence-electron chi connectivity index (χ4n) is 4.07. The van der Waals surface area contributed by atoms with Gasteiger partial charge >= 0.3 is 0 Å². The molecule has 1 unspecified atom stereocenters. The molecular formula is C26H31N5O. The number of carbonyl (C=O) groups is 1. The molecule has 32 heavy (non-hydrogen) atoms. The number of aromatic nitrogens is 3. The molecule has 1 amide bonds. The van der Waals surface area contributed by atoms with E-state index < -0.39 is 0 Å². The van der Waals surface area contributed by atoms with E-state index in [9.17, 15) is 4.79 Å². The Morgan fingerprint density at radius 2 is 1.62 bits per heavy atom. The molecule has 0 aliphatic heterocycles.